The van der Waals surface area contributed by atoms with Gasteiger partial charge in [0.15, 0.2) is 5.75 Å². The molecule has 0 radical (unpaired) electrons. The smallest absolute Gasteiger partial charge is 0.406 e. The zero-order valence-electron chi connectivity index (χ0n) is 14.2. The van der Waals surface area contributed by atoms with Gasteiger partial charge >= 0.3 is 12.1 Å². The van der Waals surface area contributed by atoms with E-state index in [1.54, 1.807) is 6.11 Å². The zero-order chi connectivity index (χ0) is 21.8. The molecule has 29 heavy (non-hydrogen) atoms. The molecule has 0 aliphatic carbocycles. The number of aromatic nitrogens is 1. The maximum absolute atomic E-state index is 13.0. The van der Waals surface area contributed by atoms with Crippen LogP contribution >= 0.6 is 0 Å². The van der Waals surface area contributed by atoms with Gasteiger partial charge in [-0.3, -0.25) is 0 Å². The molecule has 0 spiro atoms. The Hall–Kier alpha value is -3.25. The Morgan fingerprint density at radius 1 is 1.28 bits per heavy atom. The summed E-state index contributed by atoms with van der Waals surface area (Å²) < 4.78 is 91.4. The maximum atomic E-state index is 13.0. The number of aryl methyl sites for hydroxylation is 1. The first-order chi connectivity index (χ1) is 13.4. The number of rotatable bonds is 6. The summed E-state index contributed by atoms with van der Waals surface area (Å²) in [7, 11) is -5.90. The van der Waals surface area contributed by atoms with Crippen molar-refractivity contribution in [2.45, 2.75) is 19.0 Å². The van der Waals surface area contributed by atoms with E-state index >= 15 is 0 Å². The average Bonchev–Trinajstić information content (AvgIpc) is 3.00. The molecule has 0 aliphatic heterocycles. The molecule has 0 amide bonds. The van der Waals surface area contributed by atoms with Crippen molar-refractivity contribution < 1.29 is 39.6 Å². The lowest BCUT2D eigenvalue weighted by Gasteiger charge is -2.14. The summed E-state index contributed by atoms with van der Waals surface area (Å²) in [4.78, 5) is 0. The van der Waals surface area contributed by atoms with Gasteiger partial charge < -0.3 is 15.0 Å². The molecule has 0 saturated carbocycles. The van der Waals surface area contributed by atoms with E-state index in [2.05, 4.69) is 23.9 Å². The van der Waals surface area contributed by atoms with E-state index < -0.39 is 33.5 Å². The zero-order valence-corrected chi connectivity index (χ0v) is 15.0. The van der Waals surface area contributed by atoms with Crippen molar-refractivity contribution in [2.24, 2.45) is 14.6 Å². The van der Waals surface area contributed by atoms with Crippen LogP contribution in [0, 0.1) is 19.5 Å². The van der Waals surface area contributed by atoms with Crippen molar-refractivity contribution in [3.63, 3.8) is 0 Å². The third kappa shape index (κ3) is 5.39. The van der Waals surface area contributed by atoms with Gasteiger partial charge in [-0.05, 0) is 13.0 Å². The van der Waals surface area contributed by atoms with Crippen LogP contribution in [0.4, 0.5) is 44.8 Å². The number of hydrogen-bond donors (Lipinski definition) is 1. The van der Waals surface area contributed by atoms with Gasteiger partial charge in [0.2, 0.25) is 5.82 Å². The highest BCUT2D eigenvalue weighted by Gasteiger charge is 2.47. The van der Waals surface area contributed by atoms with Crippen molar-refractivity contribution in [1.82, 2.24) is 5.16 Å². The summed E-state index contributed by atoms with van der Waals surface area (Å²) in [6, 6.07) is 2.95. The molecule has 0 saturated heterocycles. The van der Waals surface area contributed by atoms with E-state index in [1.807, 2.05) is 0 Å². The molecular weight excluding hydrogens is 429 g/mol. The van der Waals surface area contributed by atoms with Crippen LogP contribution in [0.2, 0.25) is 0 Å². The molecule has 1 heterocycles. The van der Waals surface area contributed by atoms with Gasteiger partial charge in [-0.25, -0.2) is 8.39 Å². The fourth-order valence-corrected chi connectivity index (χ4v) is 2.60. The van der Waals surface area contributed by atoms with Gasteiger partial charge in [0.25, 0.3) is 10.0 Å². The summed E-state index contributed by atoms with van der Waals surface area (Å²) in [6.07, 6.45) is 6.75. The van der Waals surface area contributed by atoms with Crippen LogP contribution in [0.25, 0.3) is 0 Å². The molecule has 156 valence electrons. The minimum atomic E-state index is -5.90. The molecule has 9 nitrogen and oxygen atoms in total. The second kappa shape index (κ2) is 8.41. The molecule has 1 unspecified atom stereocenters. The number of nitrogen functional groups attached to an aromatic ring is 1. The summed E-state index contributed by atoms with van der Waals surface area (Å²) in [5.41, 5.74) is -1.88. The molecule has 0 bridgehead atoms. The second-order valence-electron chi connectivity index (χ2n) is 4.96. The standard InChI is InChI=1S/C14H10F5N5O4S/c1-3-26-11-6-9(21-22-12-4-7(2)27-23-12)10(5-8(11)20)24-29(25,14(17,18)19)28-13(15)16/h1,4-6,13H,20H2,2H3. The number of ether oxygens (including phenoxy) is 1. The Balaban J connectivity index is 2.68. The van der Waals surface area contributed by atoms with E-state index in [0.29, 0.717) is 5.76 Å². The summed E-state index contributed by atoms with van der Waals surface area (Å²) >= 11 is 0. The predicted octanol–water partition coefficient (Wildman–Crippen LogP) is 4.72. The Morgan fingerprint density at radius 2 is 1.97 bits per heavy atom. The Kier molecular flexibility index (Phi) is 6.39. The van der Waals surface area contributed by atoms with Gasteiger partial charge in [0.1, 0.15) is 23.2 Å². The van der Waals surface area contributed by atoms with E-state index in [0.717, 1.165) is 12.1 Å². The molecular formula is C14H10F5N5O4S. The molecule has 0 aliphatic rings. The van der Waals surface area contributed by atoms with Crippen molar-refractivity contribution >= 4 is 32.9 Å². The minimum absolute atomic E-state index is 0.0786. The van der Waals surface area contributed by atoms with Crippen LogP contribution in [0.3, 0.4) is 0 Å². The average molecular weight is 439 g/mol. The molecule has 2 N–H and O–H groups in total. The molecule has 1 aromatic carbocycles. The van der Waals surface area contributed by atoms with Crippen molar-refractivity contribution in [3.8, 4) is 18.3 Å². The van der Waals surface area contributed by atoms with Gasteiger partial charge in [-0.2, -0.15) is 26.3 Å². The van der Waals surface area contributed by atoms with Gasteiger partial charge in [-0.1, -0.05) is 11.6 Å². The second-order valence-corrected chi connectivity index (χ2v) is 6.75. The third-order valence-corrected chi connectivity index (χ3v) is 4.29. The first-order valence-corrected chi connectivity index (χ1v) is 8.60. The molecule has 1 atom stereocenters. The number of nitrogens with two attached hydrogens (primary N) is 1. The quantitative estimate of drug-likeness (QED) is 0.300. The molecule has 15 heteroatoms. The number of halogens is 5. The minimum Gasteiger partial charge on any atom is -0.406 e. The maximum Gasteiger partial charge on any atom is 0.504 e. The lowest BCUT2D eigenvalue weighted by Crippen LogP contribution is -2.27. The largest absolute Gasteiger partial charge is 0.504 e. The monoisotopic (exact) mass is 439 g/mol. The molecule has 1 aromatic heterocycles. The van der Waals surface area contributed by atoms with E-state index in [-0.39, 0.29) is 17.3 Å². The number of benzene rings is 1. The highest BCUT2D eigenvalue weighted by molar-refractivity contribution is 7.90. The fraction of sp³-hybridized carbons (Fsp3) is 0.214. The number of nitrogens with zero attached hydrogens (tertiary/aromatic N) is 4. The molecule has 2 aromatic rings. The Bertz CT molecular complexity index is 1080. The van der Waals surface area contributed by atoms with Crippen LogP contribution in [0.1, 0.15) is 5.76 Å². The normalized spacial score (nSPS) is 14.0. The SMILES string of the molecule is C#COc1cc(N=Nc2cc(C)on2)c(N=S(=O)(OC(F)F)C(F)(F)F)cc1N. The molecule has 2 rings (SSSR count). The van der Waals surface area contributed by atoms with Gasteiger partial charge in [0.05, 0.1) is 5.69 Å². The summed E-state index contributed by atoms with van der Waals surface area (Å²) in [6.45, 7) is -2.49. The fourth-order valence-electron chi connectivity index (χ4n) is 1.74. The van der Waals surface area contributed by atoms with Crippen LogP contribution < -0.4 is 10.5 Å². The lowest BCUT2D eigenvalue weighted by atomic mass is 10.2. The van der Waals surface area contributed by atoms with Crippen LogP contribution in [-0.2, 0) is 14.2 Å². The van der Waals surface area contributed by atoms with Gasteiger partial charge in [-0.15, -0.1) is 10.2 Å². The van der Waals surface area contributed by atoms with Crippen LogP contribution in [-0.4, -0.2) is 21.5 Å². The highest BCUT2D eigenvalue weighted by atomic mass is 32.2. The van der Waals surface area contributed by atoms with E-state index in [4.69, 9.17) is 21.4 Å². The Morgan fingerprint density at radius 3 is 2.48 bits per heavy atom. The molecule has 0 fully saturated rings. The summed E-state index contributed by atoms with van der Waals surface area (Å²) in [5, 5.41) is 10.7. The third-order valence-electron chi connectivity index (χ3n) is 2.87. The van der Waals surface area contributed by atoms with Crippen molar-refractivity contribution in [3.05, 3.63) is 24.0 Å². The highest BCUT2D eigenvalue weighted by Crippen LogP contribution is 2.41. The van der Waals surface area contributed by atoms with Gasteiger partial charge in [0, 0.05) is 12.1 Å². The first-order valence-electron chi connectivity index (χ1n) is 7.16. The Labute approximate surface area is 160 Å². The summed E-state index contributed by atoms with van der Waals surface area (Å²) in [5.74, 6) is 0.0399. The van der Waals surface area contributed by atoms with Crippen molar-refractivity contribution in [1.29, 1.82) is 0 Å². The predicted molar refractivity (Wildman–Crippen MR) is 89.1 cm³/mol. The first kappa shape index (κ1) is 22.0. The number of hydrogen-bond acceptors (Lipinski definition) is 9. The van der Waals surface area contributed by atoms with E-state index in [9.17, 15) is 26.2 Å². The number of anilines is 1. The van der Waals surface area contributed by atoms with E-state index in [1.165, 1.54) is 13.0 Å². The lowest BCUT2D eigenvalue weighted by molar-refractivity contribution is -0.0856. The van der Waals surface area contributed by atoms with Crippen LogP contribution in [0.5, 0.6) is 5.75 Å². The topological polar surface area (TPSA) is 125 Å². The van der Waals surface area contributed by atoms with Crippen LogP contribution in [0.15, 0.2) is 37.3 Å². The van der Waals surface area contributed by atoms with Crippen molar-refractivity contribution in [2.75, 3.05) is 5.73 Å². The number of azo groups is 1. The number of terminal acetylenes is 1. The number of alkyl halides is 5.